The number of carbonyl (C=O) groups excluding carboxylic acids is 4. The summed E-state index contributed by atoms with van der Waals surface area (Å²) < 4.78 is 0. The summed E-state index contributed by atoms with van der Waals surface area (Å²) in [4.78, 5) is 50.3. The molecule has 1 aromatic carbocycles. The van der Waals surface area contributed by atoms with E-state index in [2.05, 4.69) is 11.4 Å². The minimum atomic E-state index is -1.04. The van der Waals surface area contributed by atoms with Gasteiger partial charge in [-0.3, -0.25) is 19.3 Å². The largest absolute Gasteiger partial charge is 0.336 e. The molecule has 1 N–H and O–H groups in total. The molecule has 0 aromatic heterocycles. The van der Waals surface area contributed by atoms with E-state index in [-0.39, 0.29) is 12.5 Å². The van der Waals surface area contributed by atoms with Crippen molar-refractivity contribution in [2.75, 3.05) is 6.54 Å². The molecule has 0 radical (unpaired) electrons. The number of nitrogens with one attached hydrogen (secondary N) is 1. The molecule has 1 aliphatic heterocycles. The van der Waals surface area contributed by atoms with Crippen molar-refractivity contribution >= 4 is 23.8 Å². The van der Waals surface area contributed by atoms with Crippen LogP contribution in [0.1, 0.15) is 25.3 Å². The van der Waals surface area contributed by atoms with Gasteiger partial charge in [0.1, 0.15) is 12.1 Å². The van der Waals surface area contributed by atoms with Gasteiger partial charge in [0.15, 0.2) is 0 Å². The molecule has 1 heterocycles. The summed E-state index contributed by atoms with van der Waals surface area (Å²) in [5.41, 5.74) is -0.338. The summed E-state index contributed by atoms with van der Waals surface area (Å²) in [6.07, 6.45) is 1.69. The van der Waals surface area contributed by atoms with Crippen molar-refractivity contribution in [3.8, 4) is 6.07 Å². The molecule has 1 atom stereocenters. The maximum absolute atomic E-state index is 12.4. The van der Waals surface area contributed by atoms with Gasteiger partial charge < -0.3 is 5.32 Å². The lowest BCUT2D eigenvalue weighted by Crippen LogP contribution is -2.51. The molecule has 1 aliphatic carbocycles. The van der Waals surface area contributed by atoms with E-state index in [1.54, 1.807) is 37.3 Å². The summed E-state index contributed by atoms with van der Waals surface area (Å²) in [5.74, 6) is -2.57. The van der Waals surface area contributed by atoms with Crippen LogP contribution in [0.4, 0.5) is 4.79 Å². The van der Waals surface area contributed by atoms with Crippen LogP contribution in [0.3, 0.4) is 0 Å². The molecule has 8 nitrogen and oxygen atoms in total. The molecule has 3 rings (SSSR count). The van der Waals surface area contributed by atoms with Crippen LogP contribution in [0, 0.1) is 17.2 Å². The molecule has 134 valence electrons. The summed E-state index contributed by atoms with van der Waals surface area (Å²) in [7, 11) is 0. The number of urea groups is 1. The number of amides is 5. The van der Waals surface area contributed by atoms with E-state index in [0.717, 1.165) is 17.7 Å². The van der Waals surface area contributed by atoms with E-state index in [1.807, 2.05) is 0 Å². The van der Waals surface area contributed by atoms with Gasteiger partial charge in [0.25, 0.3) is 0 Å². The molecule has 1 saturated heterocycles. The summed E-state index contributed by atoms with van der Waals surface area (Å²) >= 11 is 0. The van der Waals surface area contributed by atoms with E-state index in [9.17, 15) is 24.4 Å². The van der Waals surface area contributed by atoms with Crippen molar-refractivity contribution in [2.45, 2.75) is 31.8 Å². The van der Waals surface area contributed by atoms with Crippen LogP contribution in [-0.4, -0.2) is 45.6 Å². The first-order valence-corrected chi connectivity index (χ1v) is 8.29. The van der Waals surface area contributed by atoms with Crippen molar-refractivity contribution < 1.29 is 19.2 Å². The molecule has 1 unspecified atom stereocenters. The van der Waals surface area contributed by atoms with Crippen LogP contribution < -0.4 is 5.32 Å². The Labute approximate surface area is 150 Å². The third-order valence-electron chi connectivity index (χ3n) is 4.65. The van der Waals surface area contributed by atoms with E-state index in [4.69, 9.17) is 0 Å². The smallest absolute Gasteiger partial charge is 0.335 e. The van der Waals surface area contributed by atoms with Gasteiger partial charge in [-0.1, -0.05) is 30.3 Å². The fraction of sp³-hybridized carbons (Fsp3) is 0.389. The molecular weight excluding hydrogens is 336 g/mol. The second kappa shape index (κ2) is 6.59. The van der Waals surface area contributed by atoms with E-state index < -0.39 is 35.8 Å². The number of hydrogen-bond acceptors (Lipinski definition) is 5. The predicted molar refractivity (Wildman–Crippen MR) is 89.0 cm³/mol. The van der Waals surface area contributed by atoms with Crippen LogP contribution in [0.15, 0.2) is 30.3 Å². The summed E-state index contributed by atoms with van der Waals surface area (Å²) in [6, 6.07) is 10.0. The highest BCUT2D eigenvalue weighted by molar-refractivity contribution is 6.44. The minimum Gasteiger partial charge on any atom is -0.336 e. The lowest BCUT2D eigenvalue weighted by molar-refractivity contribution is -0.144. The number of benzene rings is 1. The normalized spacial score (nSPS) is 19.3. The topological polar surface area (TPSA) is 111 Å². The highest BCUT2D eigenvalue weighted by Crippen LogP contribution is 2.39. The Morgan fingerprint density at radius 3 is 2.38 bits per heavy atom. The van der Waals surface area contributed by atoms with Gasteiger partial charge in [0.05, 0.1) is 12.6 Å². The monoisotopic (exact) mass is 354 g/mol. The highest BCUT2D eigenvalue weighted by atomic mass is 16.2. The number of hydrogen-bond donors (Lipinski definition) is 1. The number of nitriles is 1. The molecule has 2 fully saturated rings. The number of nitrogens with zero attached hydrogens (tertiary/aromatic N) is 3. The van der Waals surface area contributed by atoms with Crippen LogP contribution in [0.2, 0.25) is 0 Å². The van der Waals surface area contributed by atoms with Gasteiger partial charge in [-0.05, 0) is 31.2 Å². The zero-order chi connectivity index (χ0) is 18.9. The van der Waals surface area contributed by atoms with Gasteiger partial charge in [-0.15, -0.1) is 0 Å². The SMILES string of the molecule is CC(C#N)(NC(=O)CN1C(=O)C(=O)N(Cc2ccccc2)C1=O)C1CC1. The molecule has 2 aliphatic rings. The third-order valence-corrected chi connectivity index (χ3v) is 4.65. The minimum absolute atomic E-state index is 0.0413. The number of imide groups is 2. The number of rotatable bonds is 6. The predicted octanol–water partition coefficient (Wildman–Crippen LogP) is 0.786. The van der Waals surface area contributed by atoms with Crippen molar-refractivity contribution in [3.05, 3.63) is 35.9 Å². The zero-order valence-corrected chi connectivity index (χ0v) is 14.3. The molecule has 1 aromatic rings. The second-order valence-corrected chi connectivity index (χ2v) is 6.69. The fourth-order valence-corrected chi connectivity index (χ4v) is 2.95. The maximum atomic E-state index is 12.4. The Morgan fingerprint density at radius 2 is 1.81 bits per heavy atom. The lowest BCUT2D eigenvalue weighted by Gasteiger charge is -2.24. The Bertz CT molecular complexity index is 812. The zero-order valence-electron chi connectivity index (χ0n) is 14.3. The lowest BCUT2D eigenvalue weighted by atomic mass is 9.98. The van der Waals surface area contributed by atoms with Crippen molar-refractivity contribution in [1.29, 1.82) is 5.26 Å². The Kier molecular flexibility index (Phi) is 4.47. The first kappa shape index (κ1) is 17.6. The van der Waals surface area contributed by atoms with Crippen molar-refractivity contribution in [3.63, 3.8) is 0 Å². The van der Waals surface area contributed by atoms with Gasteiger partial charge in [0.2, 0.25) is 5.91 Å². The molecule has 0 bridgehead atoms. The second-order valence-electron chi connectivity index (χ2n) is 6.69. The molecule has 8 heteroatoms. The highest BCUT2D eigenvalue weighted by Gasteiger charge is 2.47. The Morgan fingerprint density at radius 1 is 1.19 bits per heavy atom. The molecule has 26 heavy (non-hydrogen) atoms. The Hall–Kier alpha value is -3.21. The molecule has 5 amide bonds. The summed E-state index contributed by atoms with van der Waals surface area (Å²) in [5, 5.41) is 11.9. The van der Waals surface area contributed by atoms with Crippen LogP contribution in [-0.2, 0) is 20.9 Å². The molecular formula is C18H18N4O4. The maximum Gasteiger partial charge on any atom is 0.335 e. The van der Waals surface area contributed by atoms with E-state index >= 15 is 0 Å². The molecule has 1 saturated carbocycles. The Balaban J connectivity index is 1.67. The van der Waals surface area contributed by atoms with Gasteiger partial charge >= 0.3 is 17.8 Å². The van der Waals surface area contributed by atoms with Crippen LogP contribution in [0.5, 0.6) is 0 Å². The standard InChI is InChI=1S/C18H18N4O4/c1-18(11-19,13-7-8-13)20-14(23)10-22-16(25)15(24)21(17(22)26)9-12-5-3-2-4-6-12/h2-6,13H,7-10H2,1H3,(H,20,23). The average molecular weight is 354 g/mol. The van der Waals surface area contributed by atoms with Crippen LogP contribution in [0.25, 0.3) is 0 Å². The quantitative estimate of drug-likeness (QED) is 0.600. The van der Waals surface area contributed by atoms with Crippen molar-refractivity contribution in [2.24, 2.45) is 5.92 Å². The summed E-state index contributed by atoms with van der Waals surface area (Å²) in [6.45, 7) is 0.988. The van der Waals surface area contributed by atoms with E-state index in [1.165, 1.54) is 0 Å². The van der Waals surface area contributed by atoms with Gasteiger partial charge in [-0.2, -0.15) is 5.26 Å². The number of carbonyl (C=O) groups is 4. The van der Waals surface area contributed by atoms with Gasteiger partial charge in [-0.25, -0.2) is 9.69 Å². The first-order chi connectivity index (χ1) is 12.4. The average Bonchev–Trinajstić information content (AvgIpc) is 3.46. The van der Waals surface area contributed by atoms with Gasteiger partial charge in [0, 0.05) is 0 Å². The van der Waals surface area contributed by atoms with E-state index in [0.29, 0.717) is 10.5 Å². The fourth-order valence-electron chi connectivity index (χ4n) is 2.95. The third kappa shape index (κ3) is 3.28. The first-order valence-electron chi connectivity index (χ1n) is 8.29. The van der Waals surface area contributed by atoms with Crippen molar-refractivity contribution in [1.82, 2.24) is 15.1 Å². The molecule has 0 spiro atoms. The van der Waals surface area contributed by atoms with Crippen LogP contribution >= 0.6 is 0 Å².